The lowest BCUT2D eigenvalue weighted by atomic mass is 10.0. The molecule has 0 aliphatic heterocycles. The summed E-state index contributed by atoms with van der Waals surface area (Å²) < 4.78 is 0. The summed E-state index contributed by atoms with van der Waals surface area (Å²) in [6.45, 7) is 7.07. The average Bonchev–Trinajstić information content (AvgIpc) is 2.27. The van der Waals surface area contributed by atoms with E-state index >= 15 is 0 Å². The molecule has 0 saturated heterocycles. The van der Waals surface area contributed by atoms with Crippen molar-refractivity contribution in [3.63, 3.8) is 0 Å². The number of nitrogens with two attached hydrogens (primary N) is 1. The van der Waals surface area contributed by atoms with Crippen molar-refractivity contribution in [2.45, 2.75) is 39.8 Å². The smallest absolute Gasteiger partial charge is 0.147 e. The van der Waals surface area contributed by atoms with Crippen molar-refractivity contribution in [2.75, 3.05) is 11.9 Å². The second-order valence-electron chi connectivity index (χ2n) is 4.90. The third kappa shape index (κ3) is 3.58. The Bertz CT molecular complexity index is 366. The normalized spacial score (nSPS) is 12.9. The highest BCUT2D eigenvalue weighted by atomic mass is 35.5. The van der Waals surface area contributed by atoms with Crippen molar-refractivity contribution in [2.24, 2.45) is 11.7 Å². The molecule has 0 bridgehead atoms. The third-order valence-electron chi connectivity index (χ3n) is 2.98. The Labute approximate surface area is 109 Å². The maximum absolute atomic E-state index is 6.30. The first-order valence-electron chi connectivity index (χ1n) is 6.03. The lowest BCUT2D eigenvalue weighted by molar-refractivity contribution is 0.502. The Balaban J connectivity index is 2.92. The maximum atomic E-state index is 6.30. The molecule has 4 heteroatoms. The summed E-state index contributed by atoms with van der Waals surface area (Å²) in [5.41, 5.74) is 6.59. The van der Waals surface area contributed by atoms with E-state index < -0.39 is 0 Å². The molecule has 1 atom stereocenters. The van der Waals surface area contributed by atoms with Gasteiger partial charge in [0.25, 0.3) is 0 Å². The third-order valence-corrected chi connectivity index (χ3v) is 3.39. The Hall–Kier alpha value is -0.800. The van der Waals surface area contributed by atoms with Crippen LogP contribution in [0.15, 0.2) is 12.3 Å². The van der Waals surface area contributed by atoms with E-state index in [1.54, 1.807) is 6.20 Å². The van der Waals surface area contributed by atoms with E-state index in [-0.39, 0.29) is 0 Å². The van der Waals surface area contributed by atoms with Crippen LogP contribution in [-0.2, 0) is 6.54 Å². The molecule has 0 radical (unpaired) electrons. The Kier molecular flexibility index (Phi) is 5.22. The van der Waals surface area contributed by atoms with Crippen LogP contribution in [0.5, 0.6) is 0 Å². The summed E-state index contributed by atoms with van der Waals surface area (Å²) in [5, 5.41) is 0.674. The molecule has 2 N–H and O–H groups in total. The van der Waals surface area contributed by atoms with Crippen LogP contribution in [0.2, 0.25) is 5.02 Å². The second-order valence-corrected chi connectivity index (χ2v) is 5.28. The van der Waals surface area contributed by atoms with Gasteiger partial charge in [0.2, 0.25) is 0 Å². The summed E-state index contributed by atoms with van der Waals surface area (Å²) in [6, 6.07) is 2.28. The molecule has 1 rings (SSSR count). The monoisotopic (exact) mass is 255 g/mol. The fourth-order valence-corrected chi connectivity index (χ4v) is 2.25. The van der Waals surface area contributed by atoms with Gasteiger partial charge in [-0.3, -0.25) is 0 Å². The van der Waals surface area contributed by atoms with E-state index in [9.17, 15) is 0 Å². The molecule has 1 aromatic rings. The molecule has 1 heterocycles. The van der Waals surface area contributed by atoms with Crippen LogP contribution in [0.1, 0.15) is 32.8 Å². The molecule has 0 aromatic carbocycles. The van der Waals surface area contributed by atoms with Crippen molar-refractivity contribution >= 4 is 17.4 Å². The molecule has 0 aliphatic carbocycles. The van der Waals surface area contributed by atoms with Crippen LogP contribution in [0.4, 0.5) is 5.82 Å². The number of anilines is 1. The maximum Gasteiger partial charge on any atom is 0.147 e. The van der Waals surface area contributed by atoms with E-state index in [1.165, 1.54) is 0 Å². The highest BCUT2D eigenvalue weighted by molar-refractivity contribution is 6.33. The minimum atomic E-state index is 0.410. The Morgan fingerprint density at radius 3 is 2.59 bits per heavy atom. The number of nitrogens with zero attached hydrogens (tertiary/aromatic N) is 2. The van der Waals surface area contributed by atoms with Crippen LogP contribution >= 0.6 is 11.6 Å². The number of pyridine rings is 1. The van der Waals surface area contributed by atoms with Gasteiger partial charge in [-0.1, -0.05) is 25.4 Å². The number of hydrogen-bond donors (Lipinski definition) is 1. The molecule has 1 unspecified atom stereocenters. The van der Waals surface area contributed by atoms with E-state index in [0.29, 0.717) is 23.5 Å². The molecule has 0 aliphatic rings. The van der Waals surface area contributed by atoms with Crippen molar-refractivity contribution < 1.29 is 0 Å². The Morgan fingerprint density at radius 1 is 1.41 bits per heavy atom. The first-order valence-corrected chi connectivity index (χ1v) is 6.41. The minimum absolute atomic E-state index is 0.410. The van der Waals surface area contributed by atoms with Gasteiger partial charge in [0.05, 0.1) is 5.02 Å². The number of aromatic nitrogens is 1. The summed E-state index contributed by atoms with van der Waals surface area (Å²) >= 11 is 6.30. The lowest BCUT2D eigenvalue weighted by Gasteiger charge is -2.28. The van der Waals surface area contributed by atoms with Gasteiger partial charge < -0.3 is 10.6 Å². The molecule has 96 valence electrons. The van der Waals surface area contributed by atoms with Gasteiger partial charge in [-0.05, 0) is 30.9 Å². The highest BCUT2D eigenvalue weighted by Crippen LogP contribution is 2.28. The van der Waals surface area contributed by atoms with Crippen molar-refractivity contribution in [3.8, 4) is 0 Å². The van der Waals surface area contributed by atoms with Gasteiger partial charge in [-0.2, -0.15) is 0 Å². The molecule has 0 fully saturated rings. The average molecular weight is 256 g/mol. The zero-order valence-electron chi connectivity index (χ0n) is 11.1. The molecular formula is C13H22ClN3. The predicted octanol–water partition coefficient (Wildman–Crippen LogP) is 3.06. The molecule has 3 nitrogen and oxygen atoms in total. The highest BCUT2D eigenvalue weighted by Gasteiger charge is 2.16. The number of halogens is 1. The summed E-state index contributed by atoms with van der Waals surface area (Å²) in [4.78, 5) is 6.48. The van der Waals surface area contributed by atoms with Gasteiger partial charge in [0.1, 0.15) is 5.82 Å². The molecule has 0 amide bonds. The fraction of sp³-hybridized carbons (Fsp3) is 0.615. The van der Waals surface area contributed by atoms with E-state index in [1.807, 2.05) is 13.1 Å². The topological polar surface area (TPSA) is 42.2 Å². The lowest BCUT2D eigenvalue weighted by Crippen LogP contribution is -2.31. The standard InChI is InChI=1S/C13H22ClN3/c1-9(2)7-10(3)17(4)13-12(14)11(8-15)5-6-16-13/h5-6,9-10H,7-8,15H2,1-4H3. The van der Waals surface area contributed by atoms with Gasteiger partial charge >= 0.3 is 0 Å². The van der Waals surface area contributed by atoms with Crippen molar-refractivity contribution in [1.82, 2.24) is 4.98 Å². The first kappa shape index (κ1) is 14.3. The second kappa shape index (κ2) is 6.22. The van der Waals surface area contributed by atoms with Crippen LogP contribution < -0.4 is 10.6 Å². The summed E-state index contributed by atoms with van der Waals surface area (Å²) in [5.74, 6) is 1.48. The van der Waals surface area contributed by atoms with Gasteiger partial charge in [-0.25, -0.2) is 4.98 Å². The van der Waals surface area contributed by atoms with Crippen LogP contribution in [0.3, 0.4) is 0 Å². The predicted molar refractivity (Wildman–Crippen MR) is 74.5 cm³/mol. The van der Waals surface area contributed by atoms with Crippen molar-refractivity contribution in [3.05, 3.63) is 22.8 Å². The summed E-state index contributed by atoms with van der Waals surface area (Å²) in [7, 11) is 2.03. The molecular weight excluding hydrogens is 234 g/mol. The van der Waals surface area contributed by atoms with E-state index in [2.05, 4.69) is 30.7 Å². The molecule has 0 saturated carbocycles. The quantitative estimate of drug-likeness (QED) is 0.879. The minimum Gasteiger partial charge on any atom is -0.356 e. The van der Waals surface area contributed by atoms with Crippen LogP contribution in [0, 0.1) is 5.92 Å². The zero-order chi connectivity index (χ0) is 13.0. The fourth-order valence-electron chi connectivity index (χ4n) is 1.92. The van der Waals surface area contributed by atoms with E-state index in [0.717, 1.165) is 17.8 Å². The Morgan fingerprint density at radius 2 is 2.06 bits per heavy atom. The molecule has 17 heavy (non-hydrogen) atoms. The van der Waals surface area contributed by atoms with Gasteiger partial charge in [-0.15, -0.1) is 0 Å². The SMILES string of the molecule is CC(C)CC(C)N(C)c1nccc(CN)c1Cl. The van der Waals surface area contributed by atoms with E-state index in [4.69, 9.17) is 17.3 Å². The van der Waals surface area contributed by atoms with Crippen molar-refractivity contribution in [1.29, 1.82) is 0 Å². The number of hydrogen-bond acceptors (Lipinski definition) is 3. The molecule has 1 aromatic heterocycles. The van der Waals surface area contributed by atoms with Gasteiger partial charge in [0, 0.05) is 25.8 Å². The van der Waals surface area contributed by atoms with Crippen LogP contribution in [0.25, 0.3) is 0 Å². The summed E-state index contributed by atoms with van der Waals surface area (Å²) in [6.07, 6.45) is 2.88. The first-order chi connectivity index (χ1) is 7.97. The largest absolute Gasteiger partial charge is 0.356 e. The number of rotatable bonds is 5. The van der Waals surface area contributed by atoms with Gasteiger partial charge in [0.15, 0.2) is 0 Å². The van der Waals surface area contributed by atoms with Crippen LogP contribution in [-0.4, -0.2) is 18.1 Å². The molecule has 0 spiro atoms. The zero-order valence-corrected chi connectivity index (χ0v) is 11.8.